The number of sulfone groups is 2. The Morgan fingerprint density at radius 2 is 1.58 bits per heavy atom. The molecule has 19 heavy (non-hydrogen) atoms. The van der Waals surface area contributed by atoms with Crippen LogP contribution in [-0.2, 0) is 19.7 Å². The summed E-state index contributed by atoms with van der Waals surface area (Å²) in [5, 5.41) is 0. The molecular weight excluding hydrogens is 292 g/mol. The average Bonchev–Trinajstić information content (AvgIpc) is 2.73. The minimum absolute atomic E-state index is 0.0585. The summed E-state index contributed by atoms with van der Waals surface area (Å²) in [6.45, 7) is 0.0585. The van der Waals surface area contributed by atoms with Crippen molar-refractivity contribution in [2.75, 3.05) is 18.3 Å². The van der Waals surface area contributed by atoms with Crippen molar-refractivity contribution < 1.29 is 26.3 Å². The van der Waals surface area contributed by atoms with Crippen molar-refractivity contribution in [2.45, 2.75) is 11.0 Å². The van der Waals surface area contributed by atoms with Crippen molar-refractivity contribution in [1.82, 2.24) is 0 Å². The highest BCUT2D eigenvalue weighted by Gasteiger charge is 2.42. The second kappa shape index (κ2) is 4.11. The van der Waals surface area contributed by atoms with E-state index < -0.39 is 24.3 Å². The summed E-state index contributed by atoms with van der Waals surface area (Å²) >= 11 is 0. The molecule has 1 saturated heterocycles. The average molecular weight is 304 g/mol. The number of ether oxygens (including phenoxy) is 2. The van der Waals surface area contributed by atoms with Crippen molar-refractivity contribution in [3.63, 3.8) is 0 Å². The van der Waals surface area contributed by atoms with Gasteiger partial charge in [-0.25, -0.2) is 16.8 Å². The van der Waals surface area contributed by atoms with Gasteiger partial charge in [-0.15, -0.1) is 0 Å². The quantitative estimate of drug-likeness (QED) is 0.757. The molecule has 0 N–H and O–H groups in total. The fraction of sp³-hybridized carbons (Fsp3) is 0.455. The lowest BCUT2D eigenvalue weighted by Crippen LogP contribution is -2.32. The summed E-state index contributed by atoms with van der Waals surface area (Å²) in [6, 6.07) is 4.45. The minimum atomic E-state index is -3.69. The van der Waals surface area contributed by atoms with Crippen LogP contribution in [-0.4, -0.2) is 35.1 Å². The van der Waals surface area contributed by atoms with Gasteiger partial charge in [0.05, 0.1) is 11.5 Å². The zero-order valence-electron chi connectivity index (χ0n) is 9.90. The summed E-state index contributed by atoms with van der Waals surface area (Å²) in [5.74, 6) is 0.666. The van der Waals surface area contributed by atoms with Gasteiger partial charge in [-0.1, -0.05) is 6.07 Å². The first-order chi connectivity index (χ1) is 8.90. The minimum Gasteiger partial charge on any atom is -0.454 e. The molecule has 1 aromatic rings. The maximum atomic E-state index is 12.0. The van der Waals surface area contributed by atoms with Crippen LogP contribution in [0.25, 0.3) is 0 Å². The molecule has 0 saturated carbocycles. The topological polar surface area (TPSA) is 86.7 Å². The Kier molecular flexibility index (Phi) is 2.75. The van der Waals surface area contributed by atoms with Gasteiger partial charge in [-0.05, 0) is 24.1 Å². The van der Waals surface area contributed by atoms with Crippen LogP contribution in [0.4, 0.5) is 0 Å². The molecule has 0 aliphatic carbocycles. The van der Waals surface area contributed by atoms with Crippen LogP contribution < -0.4 is 9.47 Å². The van der Waals surface area contributed by atoms with Gasteiger partial charge in [0.2, 0.25) is 6.79 Å². The molecule has 8 heteroatoms. The standard InChI is InChI=1S/C11H12O6S2/c12-18(13)4-1-5-19(14,15)11(18)8-2-3-9-10(6-8)17-7-16-9/h2-3,6,11H,1,4-5,7H2. The molecule has 0 spiro atoms. The van der Waals surface area contributed by atoms with E-state index in [0.29, 0.717) is 11.5 Å². The molecule has 104 valence electrons. The van der Waals surface area contributed by atoms with E-state index in [2.05, 4.69) is 0 Å². The highest BCUT2D eigenvalue weighted by Crippen LogP contribution is 2.40. The highest BCUT2D eigenvalue weighted by molar-refractivity contribution is 8.09. The molecular formula is C11H12O6S2. The molecule has 1 fully saturated rings. The van der Waals surface area contributed by atoms with Crippen molar-refractivity contribution >= 4 is 19.7 Å². The summed E-state index contributed by atoms with van der Waals surface area (Å²) in [6.07, 6.45) is 0.158. The van der Waals surface area contributed by atoms with Crippen molar-refractivity contribution in [3.8, 4) is 11.5 Å². The predicted molar refractivity (Wildman–Crippen MR) is 67.5 cm³/mol. The van der Waals surface area contributed by atoms with Crippen LogP contribution >= 0.6 is 0 Å². The van der Waals surface area contributed by atoms with Crippen molar-refractivity contribution in [3.05, 3.63) is 23.8 Å². The van der Waals surface area contributed by atoms with E-state index >= 15 is 0 Å². The number of hydrogen-bond donors (Lipinski definition) is 0. The Bertz CT molecular complexity index is 686. The second-order valence-corrected chi connectivity index (χ2v) is 9.24. The summed E-state index contributed by atoms with van der Waals surface area (Å²) in [4.78, 5) is 0. The fourth-order valence-electron chi connectivity index (χ4n) is 2.37. The van der Waals surface area contributed by atoms with Gasteiger partial charge in [0.1, 0.15) is 0 Å². The predicted octanol–water partition coefficient (Wildman–Crippen LogP) is 0.647. The van der Waals surface area contributed by atoms with Gasteiger partial charge in [0, 0.05) is 0 Å². The number of hydrogen-bond acceptors (Lipinski definition) is 6. The lowest BCUT2D eigenvalue weighted by molar-refractivity contribution is 0.174. The Labute approximate surface area is 111 Å². The molecule has 6 nitrogen and oxygen atoms in total. The molecule has 2 heterocycles. The molecule has 2 aliphatic rings. The van der Waals surface area contributed by atoms with E-state index in [9.17, 15) is 16.8 Å². The van der Waals surface area contributed by atoms with Gasteiger partial charge in [0.25, 0.3) is 0 Å². The van der Waals surface area contributed by atoms with Crippen LogP contribution in [0.1, 0.15) is 16.6 Å². The smallest absolute Gasteiger partial charge is 0.231 e. The van der Waals surface area contributed by atoms with Crippen LogP contribution in [0.5, 0.6) is 11.5 Å². The highest BCUT2D eigenvalue weighted by atomic mass is 32.3. The van der Waals surface area contributed by atoms with Gasteiger partial charge >= 0.3 is 0 Å². The maximum absolute atomic E-state index is 12.0. The lowest BCUT2D eigenvalue weighted by atomic mass is 10.2. The molecule has 1 aromatic carbocycles. The molecule has 0 unspecified atom stereocenters. The second-order valence-electron chi connectivity index (χ2n) is 4.53. The SMILES string of the molecule is O=S1(=O)CCCS(=O)(=O)C1c1ccc2c(c1)OCO2. The van der Waals surface area contributed by atoms with Crippen LogP contribution in [0.15, 0.2) is 18.2 Å². The molecule has 0 amide bonds. The normalized spacial score (nSPS) is 24.2. The van der Waals surface area contributed by atoms with E-state index in [4.69, 9.17) is 9.47 Å². The van der Waals surface area contributed by atoms with Gasteiger partial charge in [0.15, 0.2) is 35.8 Å². The van der Waals surface area contributed by atoms with E-state index in [1.807, 2.05) is 0 Å². The number of fused-ring (bicyclic) bond motifs is 1. The third-order valence-electron chi connectivity index (χ3n) is 3.18. The summed E-state index contributed by atoms with van der Waals surface area (Å²) in [5.41, 5.74) is 0.226. The third-order valence-corrected chi connectivity index (χ3v) is 8.50. The van der Waals surface area contributed by atoms with Crippen LogP contribution in [0.3, 0.4) is 0 Å². The molecule has 3 rings (SSSR count). The Morgan fingerprint density at radius 1 is 0.947 bits per heavy atom. The first-order valence-corrected chi connectivity index (χ1v) is 9.16. The number of benzene rings is 1. The Hall–Kier alpha value is -1.28. The van der Waals surface area contributed by atoms with E-state index in [0.717, 1.165) is 0 Å². The van der Waals surface area contributed by atoms with E-state index in [1.54, 1.807) is 0 Å². The third kappa shape index (κ3) is 2.08. The Balaban J connectivity index is 2.13. The van der Waals surface area contributed by atoms with Gasteiger partial charge < -0.3 is 9.47 Å². The maximum Gasteiger partial charge on any atom is 0.231 e. The number of rotatable bonds is 1. The van der Waals surface area contributed by atoms with E-state index in [1.165, 1.54) is 18.2 Å². The van der Waals surface area contributed by atoms with Gasteiger partial charge in [-0.2, -0.15) is 0 Å². The molecule has 0 radical (unpaired) electrons. The van der Waals surface area contributed by atoms with Crippen LogP contribution in [0, 0.1) is 0 Å². The zero-order valence-corrected chi connectivity index (χ0v) is 11.5. The van der Waals surface area contributed by atoms with Gasteiger partial charge in [-0.3, -0.25) is 0 Å². The van der Waals surface area contributed by atoms with E-state index in [-0.39, 0.29) is 30.3 Å². The first kappa shape index (κ1) is 12.7. The molecule has 0 atom stereocenters. The van der Waals surface area contributed by atoms with Crippen molar-refractivity contribution in [2.24, 2.45) is 0 Å². The van der Waals surface area contributed by atoms with Crippen LogP contribution in [0.2, 0.25) is 0 Å². The van der Waals surface area contributed by atoms with Crippen molar-refractivity contribution in [1.29, 1.82) is 0 Å². The monoisotopic (exact) mass is 304 g/mol. The summed E-state index contributed by atoms with van der Waals surface area (Å²) in [7, 11) is -7.37. The fourth-order valence-corrected chi connectivity index (χ4v) is 7.56. The molecule has 2 aliphatic heterocycles. The first-order valence-electron chi connectivity index (χ1n) is 5.73. The molecule has 0 bridgehead atoms. The lowest BCUT2D eigenvalue weighted by Gasteiger charge is -2.23. The zero-order chi connectivity index (χ0) is 13.7. The Morgan fingerprint density at radius 3 is 2.26 bits per heavy atom. The molecule has 0 aromatic heterocycles. The summed E-state index contributed by atoms with van der Waals surface area (Å²) < 4.78 is 57.0. The largest absolute Gasteiger partial charge is 0.454 e.